The maximum Gasteiger partial charge on any atom is 0.240 e. The minimum Gasteiger partial charge on any atom is -0.351 e. The van der Waals surface area contributed by atoms with E-state index in [1.54, 1.807) is 23.5 Å². The molecule has 0 aliphatic rings. The van der Waals surface area contributed by atoms with Gasteiger partial charge in [-0.3, -0.25) is 4.79 Å². The molecule has 0 saturated carbocycles. The first-order valence-corrected chi connectivity index (χ1v) is 9.67. The molecule has 1 amide bonds. The van der Waals surface area contributed by atoms with Crippen molar-refractivity contribution in [3.05, 3.63) is 51.2 Å². The van der Waals surface area contributed by atoms with Crippen molar-refractivity contribution < 1.29 is 13.2 Å². The largest absolute Gasteiger partial charge is 0.351 e. The summed E-state index contributed by atoms with van der Waals surface area (Å²) in [5.41, 5.74) is 1.14. The van der Waals surface area contributed by atoms with Gasteiger partial charge in [-0.15, -0.1) is 11.3 Å². The van der Waals surface area contributed by atoms with Crippen LogP contribution in [0.4, 0.5) is 0 Å². The van der Waals surface area contributed by atoms with Gasteiger partial charge in [0.15, 0.2) is 0 Å². The summed E-state index contributed by atoms with van der Waals surface area (Å²) in [4.78, 5) is 12.9. The molecule has 2 N–H and O–H groups in total. The topological polar surface area (TPSA) is 75.3 Å². The van der Waals surface area contributed by atoms with E-state index in [0.717, 1.165) is 10.4 Å². The first-order chi connectivity index (χ1) is 10.9. The minimum absolute atomic E-state index is 0.0318. The first kappa shape index (κ1) is 17.9. The van der Waals surface area contributed by atoms with Crippen LogP contribution in [-0.4, -0.2) is 20.9 Å². The fourth-order valence-corrected chi connectivity index (χ4v) is 4.05. The Morgan fingerprint density at radius 1 is 1.30 bits per heavy atom. The summed E-state index contributed by atoms with van der Waals surface area (Å²) in [5.74, 6) is -0.202. The fraction of sp³-hybridized carbons (Fsp3) is 0.267. The number of halogens is 1. The van der Waals surface area contributed by atoms with Crippen LogP contribution in [0.2, 0.25) is 5.02 Å². The van der Waals surface area contributed by atoms with Crippen LogP contribution in [0.15, 0.2) is 40.6 Å². The van der Waals surface area contributed by atoms with E-state index >= 15 is 0 Å². The molecule has 0 fully saturated rings. The molecule has 2 rings (SSSR count). The number of nitrogens with one attached hydrogen (secondary N) is 2. The maximum absolute atomic E-state index is 12.1. The number of hydrogen-bond donors (Lipinski definition) is 2. The highest BCUT2D eigenvalue weighted by molar-refractivity contribution is 7.89. The molecule has 8 heteroatoms. The molecule has 2 aromatic rings. The highest BCUT2D eigenvalue weighted by Gasteiger charge is 2.14. The maximum atomic E-state index is 12.1. The third-order valence-corrected chi connectivity index (χ3v) is 5.88. The summed E-state index contributed by atoms with van der Waals surface area (Å²) in [7, 11) is -3.66. The van der Waals surface area contributed by atoms with Gasteiger partial charge >= 0.3 is 0 Å². The number of amides is 1. The van der Waals surface area contributed by atoms with Crippen LogP contribution in [0.25, 0.3) is 0 Å². The van der Waals surface area contributed by atoms with E-state index in [2.05, 4.69) is 10.0 Å². The standard InChI is InChI=1S/C15H17ClN2O3S2/c1-11-6-8-22-14(11)10-17-15(19)5-7-18-23(20,21)13-4-2-3-12(16)9-13/h2-4,6,8-9,18H,5,7,10H2,1H3,(H,17,19). The van der Waals surface area contributed by atoms with E-state index in [9.17, 15) is 13.2 Å². The van der Waals surface area contributed by atoms with Crippen molar-refractivity contribution in [3.8, 4) is 0 Å². The first-order valence-electron chi connectivity index (χ1n) is 6.93. The van der Waals surface area contributed by atoms with Crippen molar-refractivity contribution in [1.29, 1.82) is 0 Å². The van der Waals surface area contributed by atoms with E-state index in [0.29, 0.717) is 11.6 Å². The lowest BCUT2D eigenvalue weighted by molar-refractivity contribution is -0.121. The van der Waals surface area contributed by atoms with Gasteiger partial charge in [-0.25, -0.2) is 13.1 Å². The Bertz CT molecular complexity index is 788. The molecule has 0 unspecified atom stereocenters. The van der Waals surface area contributed by atoms with Crippen molar-refractivity contribution >= 4 is 38.9 Å². The zero-order valence-corrected chi connectivity index (χ0v) is 14.9. The second kappa shape index (κ2) is 7.92. The second-order valence-electron chi connectivity index (χ2n) is 4.91. The van der Waals surface area contributed by atoms with Gasteiger partial charge in [-0.2, -0.15) is 0 Å². The van der Waals surface area contributed by atoms with Gasteiger partial charge in [0.25, 0.3) is 0 Å². The van der Waals surface area contributed by atoms with Gasteiger partial charge in [-0.05, 0) is 42.1 Å². The predicted octanol–water partition coefficient (Wildman–Crippen LogP) is 2.69. The molecule has 0 spiro atoms. The highest BCUT2D eigenvalue weighted by Crippen LogP contribution is 2.16. The van der Waals surface area contributed by atoms with Gasteiger partial charge < -0.3 is 5.32 Å². The van der Waals surface area contributed by atoms with E-state index in [1.807, 2.05) is 18.4 Å². The number of aryl methyl sites for hydroxylation is 1. The molecular formula is C15H17ClN2O3S2. The Morgan fingerprint density at radius 3 is 2.74 bits per heavy atom. The van der Waals surface area contributed by atoms with Gasteiger partial charge in [-0.1, -0.05) is 17.7 Å². The number of thiophene rings is 1. The summed E-state index contributed by atoms with van der Waals surface area (Å²) in [5, 5.41) is 5.09. The Balaban J connectivity index is 1.80. The Morgan fingerprint density at radius 2 is 2.09 bits per heavy atom. The molecule has 0 aliphatic heterocycles. The molecule has 0 saturated heterocycles. The van der Waals surface area contributed by atoms with Crippen LogP contribution in [0, 0.1) is 6.92 Å². The van der Waals surface area contributed by atoms with Crippen LogP contribution in [0.5, 0.6) is 0 Å². The number of benzene rings is 1. The lowest BCUT2D eigenvalue weighted by Crippen LogP contribution is -2.30. The van der Waals surface area contributed by atoms with E-state index in [-0.39, 0.29) is 23.8 Å². The normalized spacial score (nSPS) is 11.4. The van der Waals surface area contributed by atoms with Crippen molar-refractivity contribution in [2.24, 2.45) is 0 Å². The van der Waals surface area contributed by atoms with Gasteiger partial charge in [0, 0.05) is 22.9 Å². The average molecular weight is 373 g/mol. The molecule has 1 aromatic carbocycles. The molecule has 0 bridgehead atoms. The molecule has 0 atom stereocenters. The quantitative estimate of drug-likeness (QED) is 0.784. The Kier molecular flexibility index (Phi) is 6.17. The molecule has 1 aromatic heterocycles. The summed E-state index contributed by atoms with van der Waals surface area (Å²) >= 11 is 7.36. The minimum atomic E-state index is -3.66. The number of rotatable bonds is 7. The van der Waals surface area contributed by atoms with Gasteiger partial charge in [0.2, 0.25) is 15.9 Å². The van der Waals surface area contributed by atoms with Crippen molar-refractivity contribution in [3.63, 3.8) is 0 Å². The summed E-state index contributed by atoms with van der Waals surface area (Å²) in [6.45, 7) is 2.48. The van der Waals surface area contributed by atoms with Gasteiger partial charge in [0.05, 0.1) is 11.4 Å². The van der Waals surface area contributed by atoms with E-state index < -0.39 is 10.0 Å². The summed E-state index contributed by atoms with van der Waals surface area (Å²) in [6, 6.07) is 7.97. The highest BCUT2D eigenvalue weighted by atomic mass is 35.5. The number of sulfonamides is 1. The van der Waals surface area contributed by atoms with E-state index in [4.69, 9.17) is 11.6 Å². The fourth-order valence-electron chi connectivity index (χ4n) is 1.87. The van der Waals surface area contributed by atoms with E-state index in [1.165, 1.54) is 12.1 Å². The number of carbonyl (C=O) groups excluding carboxylic acids is 1. The molecule has 23 heavy (non-hydrogen) atoms. The summed E-state index contributed by atoms with van der Waals surface area (Å²) < 4.78 is 26.5. The SMILES string of the molecule is Cc1ccsc1CNC(=O)CCNS(=O)(=O)c1cccc(Cl)c1. The lowest BCUT2D eigenvalue weighted by atomic mass is 10.3. The molecular weight excluding hydrogens is 356 g/mol. The molecule has 0 aliphatic carbocycles. The Hall–Kier alpha value is -1.41. The predicted molar refractivity (Wildman–Crippen MR) is 92.2 cm³/mol. The third-order valence-electron chi connectivity index (χ3n) is 3.16. The number of hydrogen-bond acceptors (Lipinski definition) is 4. The van der Waals surface area contributed by atoms with Crippen molar-refractivity contribution in [2.45, 2.75) is 24.8 Å². The smallest absolute Gasteiger partial charge is 0.240 e. The third kappa shape index (κ3) is 5.31. The van der Waals surface area contributed by atoms with Crippen LogP contribution in [-0.2, 0) is 21.4 Å². The molecule has 1 heterocycles. The van der Waals surface area contributed by atoms with Crippen LogP contribution < -0.4 is 10.0 Å². The zero-order chi connectivity index (χ0) is 16.9. The van der Waals surface area contributed by atoms with Crippen LogP contribution in [0.3, 0.4) is 0 Å². The monoisotopic (exact) mass is 372 g/mol. The molecule has 5 nitrogen and oxygen atoms in total. The van der Waals surface area contributed by atoms with Gasteiger partial charge in [0.1, 0.15) is 0 Å². The Labute approximate surface area is 144 Å². The van der Waals surface area contributed by atoms with Crippen LogP contribution >= 0.6 is 22.9 Å². The lowest BCUT2D eigenvalue weighted by Gasteiger charge is -2.08. The van der Waals surface area contributed by atoms with Crippen LogP contribution in [0.1, 0.15) is 16.9 Å². The zero-order valence-electron chi connectivity index (χ0n) is 12.5. The molecule has 0 radical (unpaired) electrons. The molecule has 124 valence electrons. The van der Waals surface area contributed by atoms with Crippen molar-refractivity contribution in [2.75, 3.05) is 6.54 Å². The summed E-state index contributed by atoms with van der Waals surface area (Å²) in [6.07, 6.45) is 0.0736. The number of carbonyl (C=O) groups is 1. The second-order valence-corrected chi connectivity index (χ2v) is 8.11. The average Bonchev–Trinajstić information content (AvgIpc) is 2.90. The van der Waals surface area contributed by atoms with Crippen molar-refractivity contribution in [1.82, 2.24) is 10.0 Å².